The molecule has 2 atom stereocenters. The van der Waals surface area contributed by atoms with E-state index in [0.29, 0.717) is 25.1 Å². The molecule has 0 spiro atoms. The van der Waals surface area contributed by atoms with Crippen molar-refractivity contribution in [3.8, 4) is 0 Å². The maximum absolute atomic E-state index is 5.78. The van der Waals surface area contributed by atoms with Crippen LogP contribution in [-0.4, -0.2) is 50.2 Å². The zero-order valence-electron chi connectivity index (χ0n) is 12.2. The molecular weight excluding hydrogens is 260 g/mol. The normalized spacial score (nSPS) is 23.6. The third kappa shape index (κ3) is 3.08. The zero-order chi connectivity index (χ0) is 14.0. The van der Waals surface area contributed by atoms with E-state index < -0.39 is 0 Å². The molecule has 1 fully saturated rings. The maximum atomic E-state index is 5.78. The molecule has 0 bridgehead atoms. The van der Waals surface area contributed by atoms with Gasteiger partial charge in [0.1, 0.15) is 0 Å². The predicted molar refractivity (Wildman–Crippen MR) is 79.6 cm³/mol. The van der Waals surface area contributed by atoms with Gasteiger partial charge in [0.05, 0.1) is 12.3 Å². The van der Waals surface area contributed by atoms with Crippen LogP contribution in [0.2, 0.25) is 0 Å². The summed E-state index contributed by atoms with van der Waals surface area (Å²) < 4.78 is 5.19. The van der Waals surface area contributed by atoms with Gasteiger partial charge in [-0.25, -0.2) is 4.98 Å². The van der Waals surface area contributed by atoms with E-state index in [4.69, 9.17) is 15.5 Å². The van der Waals surface area contributed by atoms with Gasteiger partial charge in [-0.1, -0.05) is 6.92 Å². The summed E-state index contributed by atoms with van der Waals surface area (Å²) in [6.07, 6.45) is 0. The average Bonchev–Trinajstić information content (AvgIpc) is 2.93. The van der Waals surface area contributed by atoms with Gasteiger partial charge in [0, 0.05) is 37.7 Å². The van der Waals surface area contributed by atoms with Crippen LogP contribution in [0.4, 0.5) is 5.13 Å². The summed E-state index contributed by atoms with van der Waals surface area (Å²) in [6.45, 7) is 5.49. The highest BCUT2D eigenvalue weighted by atomic mass is 32.1. The van der Waals surface area contributed by atoms with Crippen LogP contribution in [0.5, 0.6) is 0 Å². The summed E-state index contributed by atoms with van der Waals surface area (Å²) in [5.41, 5.74) is 6.78. The van der Waals surface area contributed by atoms with Gasteiger partial charge in [0.25, 0.3) is 0 Å². The Labute approximate surface area is 119 Å². The molecular formula is C13H24N4OS. The van der Waals surface area contributed by atoms with Gasteiger partial charge in [0.2, 0.25) is 0 Å². The Kier molecular flexibility index (Phi) is 4.78. The third-order valence-corrected chi connectivity index (χ3v) is 4.92. The van der Waals surface area contributed by atoms with Crippen LogP contribution < -0.4 is 10.6 Å². The van der Waals surface area contributed by atoms with E-state index in [2.05, 4.69) is 30.8 Å². The second kappa shape index (κ2) is 6.17. The molecule has 2 heterocycles. The lowest BCUT2D eigenvalue weighted by atomic mass is 10.1. The summed E-state index contributed by atoms with van der Waals surface area (Å²) >= 11 is 1.70. The fourth-order valence-electron chi connectivity index (χ4n) is 2.69. The number of anilines is 1. The fraction of sp³-hybridized carbons (Fsp3) is 0.769. The van der Waals surface area contributed by atoms with E-state index >= 15 is 0 Å². The highest BCUT2D eigenvalue weighted by Crippen LogP contribution is 2.31. The molecule has 1 aromatic rings. The number of rotatable bonds is 5. The predicted octanol–water partition coefficient (Wildman–Crippen LogP) is 1.13. The molecule has 0 amide bonds. The van der Waals surface area contributed by atoms with Crippen LogP contribution in [0.3, 0.4) is 0 Å². The van der Waals surface area contributed by atoms with Crippen molar-refractivity contribution >= 4 is 16.5 Å². The Hall–Kier alpha value is -0.690. The summed E-state index contributed by atoms with van der Waals surface area (Å²) in [4.78, 5) is 10.5. The summed E-state index contributed by atoms with van der Waals surface area (Å²) in [5, 5.41) is 1.09. The smallest absolute Gasteiger partial charge is 0.185 e. The van der Waals surface area contributed by atoms with Gasteiger partial charge in [-0.3, -0.25) is 0 Å². The van der Waals surface area contributed by atoms with Gasteiger partial charge in [-0.05, 0) is 20.0 Å². The van der Waals surface area contributed by atoms with Gasteiger partial charge in [0.15, 0.2) is 5.13 Å². The molecule has 1 saturated heterocycles. The zero-order valence-corrected chi connectivity index (χ0v) is 13.0. The first-order valence-corrected chi connectivity index (χ1v) is 7.47. The van der Waals surface area contributed by atoms with Crippen molar-refractivity contribution < 1.29 is 4.74 Å². The molecule has 1 aromatic heterocycles. The van der Waals surface area contributed by atoms with Crippen LogP contribution >= 0.6 is 11.3 Å². The van der Waals surface area contributed by atoms with E-state index in [1.807, 2.05) is 0 Å². The van der Waals surface area contributed by atoms with Crippen molar-refractivity contribution in [1.82, 2.24) is 9.88 Å². The minimum absolute atomic E-state index is 0.539. The molecule has 19 heavy (non-hydrogen) atoms. The molecule has 2 N–H and O–H groups in total. The average molecular weight is 284 g/mol. The van der Waals surface area contributed by atoms with E-state index in [9.17, 15) is 0 Å². The molecule has 0 aromatic carbocycles. The number of ether oxygens (including phenoxy) is 1. The molecule has 2 unspecified atom stereocenters. The number of nitrogens with two attached hydrogens (primary N) is 1. The number of hydrogen-bond donors (Lipinski definition) is 1. The SMILES string of the molecule is COCc1nc(N2CC(C)C(N(C)C)C2)sc1CN. The van der Waals surface area contributed by atoms with Gasteiger partial charge in [-0.15, -0.1) is 11.3 Å². The van der Waals surface area contributed by atoms with Gasteiger partial charge in [-0.2, -0.15) is 0 Å². The fourth-order valence-corrected chi connectivity index (χ4v) is 3.65. The standard InChI is InChI=1S/C13H24N4OS/c1-9-6-17(7-11(9)16(2)3)13-15-10(8-18-4)12(5-14)19-13/h9,11H,5-8,14H2,1-4H3. The Morgan fingerprint density at radius 3 is 2.74 bits per heavy atom. The Morgan fingerprint density at radius 1 is 1.47 bits per heavy atom. The number of likely N-dealkylation sites (N-methyl/N-ethyl adjacent to an activating group) is 1. The van der Waals surface area contributed by atoms with Crippen molar-refractivity contribution in [2.45, 2.75) is 26.1 Å². The topological polar surface area (TPSA) is 54.6 Å². The highest BCUT2D eigenvalue weighted by molar-refractivity contribution is 7.15. The number of methoxy groups -OCH3 is 1. The number of thiazole rings is 1. The summed E-state index contributed by atoms with van der Waals surface area (Å²) in [7, 11) is 5.99. The van der Waals surface area contributed by atoms with Crippen LogP contribution in [0, 0.1) is 5.92 Å². The number of nitrogens with zero attached hydrogens (tertiary/aromatic N) is 3. The van der Waals surface area contributed by atoms with Crippen molar-refractivity contribution in [2.24, 2.45) is 11.7 Å². The molecule has 1 aliphatic rings. The van der Waals surface area contributed by atoms with Crippen molar-refractivity contribution in [3.63, 3.8) is 0 Å². The van der Waals surface area contributed by atoms with E-state index in [0.717, 1.165) is 28.8 Å². The van der Waals surface area contributed by atoms with Crippen molar-refractivity contribution in [3.05, 3.63) is 10.6 Å². The van der Waals surface area contributed by atoms with E-state index in [1.165, 1.54) is 0 Å². The molecule has 5 nitrogen and oxygen atoms in total. The van der Waals surface area contributed by atoms with Crippen LogP contribution in [0.25, 0.3) is 0 Å². The Balaban J connectivity index is 2.14. The van der Waals surface area contributed by atoms with Crippen LogP contribution in [0.15, 0.2) is 0 Å². The first kappa shape index (κ1) is 14.7. The lowest BCUT2D eigenvalue weighted by Crippen LogP contribution is -2.34. The quantitative estimate of drug-likeness (QED) is 0.878. The number of hydrogen-bond acceptors (Lipinski definition) is 6. The first-order chi connectivity index (χ1) is 9.06. The molecule has 0 aliphatic carbocycles. The van der Waals surface area contributed by atoms with Crippen LogP contribution in [0.1, 0.15) is 17.5 Å². The monoisotopic (exact) mass is 284 g/mol. The van der Waals surface area contributed by atoms with Crippen LogP contribution in [-0.2, 0) is 17.9 Å². The minimum Gasteiger partial charge on any atom is -0.378 e. The summed E-state index contributed by atoms with van der Waals surface area (Å²) in [5.74, 6) is 0.658. The van der Waals surface area contributed by atoms with Crippen molar-refractivity contribution in [1.29, 1.82) is 0 Å². The largest absolute Gasteiger partial charge is 0.378 e. The van der Waals surface area contributed by atoms with Gasteiger partial charge >= 0.3 is 0 Å². The number of aromatic nitrogens is 1. The van der Waals surface area contributed by atoms with Crippen molar-refractivity contribution in [2.75, 3.05) is 39.2 Å². The Bertz CT molecular complexity index is 421. The lowest BCUT2D eigenvalue weighted by Gasteiger charge is -2.22. The molecule has 108 valence electrons. The second-order valence-corrected chi connectivity index (χ2v) is 6.48. The first-order valence-electron chi connectivity index (χ1n) is 6.65. The lowest BCUT2D eigenvalue weighted by molar-refractivity contribution is 0.181. The molecule has 0 saturated carbocycles. The molecule has 6 heteroatoms. The van der Waals surface area contributed by atoms with Gasteiger partial charge < -0.3 is 20.3 Å². The van der Waals surface area contributed by atoms with E-state index in [1.54, 1.807) is 18.4 Å². The molecule has 1 aliphatic heterocycles. The molecule has 2 rings (SSSR count). The molecule has 0 radical (unpaired) electrons. The third-order valence-electron chi connectivity index (χ3n) is 3.74. The highest BCUT2D eigenvalue weighted by Gasteiger charge is 2.32. The Morgan fingerprint density at radius 2 is 2.21 bits per heavy atom. The maximum Gasteiger partial charge on any atom is 0.185 e. The summed E-state index contributed by atoms with van der Waals surface area (Å²) in [6, 6.07) is 0.594. The minimum atomic E-state index is 0.539. The second-order valence-electron chi connectivity index (χ2n) is 5.42. The van der Waals surface area contributed by atoms with E-state index in [-0.39, 0.29) is 0 Å².